The number of imidazole rings is 1. The summed E-state index contributed by atoms with van der Waals surface area (Å²) in [4.78, 5) is 4.62. The average Bonchev–Trinajstić information content (AvgIpc) is 2.82. The first-order valence-corrected chi connectivity index (χ1v) is 8.37. The van der Waals surface area contributed by atoms with Crippen LogP contribution in [0.4, 0.5) is 0 Å². The molecule has 0 saturated heterocycles. The SMILES string of the molecule is ClCCc1nc2c(Cl)cccc2n1-c1ccc(Br)c(Cl)c1. The van der Waals surface area contributed by atoms with E-state index in [-0.39, 0.29) is 0 Å². The molecule has 3 rings (SSSR count). The first-order valence-electron chi connectivity index (χ1n) is 6.29. The molecule has 6 heteroatoms. The van der Waals surface area contributed by atoms with Crippen LogP contribution in [-0.4, -0.2) is 15.4 Å². The zero-order valence-corrected chi connectivity index (χ0v) is 14.6. The summed E-state index contributed by atoms with van der Waals surface area (Å²) in [6, 6.07) is 11.5. The summed E-state index contributed by atoms with van der Waals surface area (Å²) in [5, 5.41) is 1.28. The molecule has 0 unspecified atom stereocenters. The van der Waals surface area contributed by atoms with Gasteiger partial charge in [-0.15, -0.1) is 11.6 Å². The van der Waals surface area contributed by atoms with Gasteiger partial charge in [0.25, 0.3) is 0 Å². The zero-order valence-electron chi connectivity index (χ0n) is 10.8. The molecular weight excluding hydrogens is 394 g/mol. The molecule has 0 amide bonds. The molecule has 0 aliphatic heterocycles. The molecule has 0 radical (unpaired) electrons. The highest BCUT2D eigenvalue weighted by Crippen LogP contribution is 2.30. The molecule has 2 nitrogen and oxygen atoms in total. The Hall–Kier alpha value is -0.740. The van der Waals surface area contributed by atoms with Gasteiger partial charge in [-0.3, -0.25) is 4.57 Å². The number of rotatable bonds is 3. The minimum atomic E-state index is 0.491. The van der Waals surface area contributed by atoms with Crippen LogP contribution in [0.15, 0.2) is 40.9 Å². The predicted octanol–water partition coefficient (Wildman–Crippen LogP) is 5.88. The van der Waals surface area contributed by atoms with Crippen LogP contribution in [0.2, 0.25) is 10.0 Å². The fourth-order valence-electron chi connectivity index (χ4n) is 2.28. The second-order valence-electron chi connectivity index (χ2n) is 4.51. The first kappa shape index (κ1) is 15.2. The Bertz CT molecular complexity index is 814. The van der Waals surface area contributed by atoms with Crippen molar-refractivity contribution in [3.8, 4) is 5.69 Å². The van der Waals surface area contributed by atoms with Crippen molar-refractivity contribution in [1.29, 1.82) is 0 Å². The Labute approximate surface area is 145 Å². The van der Waals surface area contributed by atoms with E-state index in [1.165, 1.54) is 0 Å². The molecule has 2 aromatic carbocycles. The highest BCUT2D eigenvalue weighted by Gasteiger charge is 2.14. The van der Waals surface area contributed by atoms with E-state index in [2.05, 4.69) is 20.9 Å². The molecule has 0 bridgehead atoms. The van der Waals surface area contributed by atoms with Crippen LogP contribution >= 0.6 is 50.7 Å². The number of alkyl halides is 1. The van der Waals surface area contributed by atoms with Gasteiger partial charge in [-0.05, 0) is 46.3 Å². The number of halogens is 4. The van der Waals surface area contributed by atoms with E-state index < -0.39 is 0 Å². The Morgan fingerprint density at radius 2 is 1.90 bits per heavy atom. The lowest BCUT2D eigenvalue weighted by Gasteiger charge is -2.09. The molecule has 0 N–H and O–H groups in total. The van der Waals surface area contributed by atoms with Crippen LogP contribution in [0, 0.1) is 0 Å². The van der Waals surface area contributed by atoms with Crippen molar-refractivity contribution in [3.05, 3.63) is 56.7 Å². The van der Waals surface area contributed by atoms with Crippen LogP contribution in [0.3, 0.4) is 0 Å². The van der Waals surface area contributed by atoms with Gasteiger partial charge >= 0.3 is 0 Å². The number of fused-ring (bicyclic) bond motifs is 1. The van der Waals surface area contributed by atoms with Gasteiger partial charge in [0.15, 0.2) is 0 Å². The van der Waals surface area contributed by atoms with Gasteiger partial charge in [-0.25, -0.2) is 4.98 Å². The van der Waals surface area contributed by atoms with E-state index >= 15 is 0 Å². The van der Waals surface area contributed by atoms with Crippen molar-refractivity contribution in [1.82, 2.24) is 9.55 Å². The maximum absolute atomic E-state index is 6.24. The number of para-hydroxylation sites is 1. The van der Waals surface area contributed by atoms with E-state index in [9.17, 15) is 0 Å². The second kappa shape index (κ2) is 6.17. The van der Waals surface area contributed by atoms with E-state index in [1.807, 2.05) is 41.0 Å². The van der Waals surface area contributed by atoms with Crippen molar-refractivity contribution >= 4 is 61.8 Å². The predicted molar refractivity (Wildman–Crippen MR) is 93.2 cm³/mol. The Balaban J connectivity index is 2.30. The Morgan fingerprint density at radius 3 is 2.62 bits per heavy atom. The minimum absolute atomic E-state index is 0.491. The molecule has 0 fully saturated rings. The van der Waals surface area contributed by atoms with E-state index in [1.54, 1.807) is 0 Å². The smallest absolute Gasteiger partial charge is 0.115 e. The molecule has 0 atom stereocenters. The van der Waals surface area contributed by atoms with Crippen molar-refractivity contribution in [2.24, 2.45) is 0 Å². The van der Waals surface area contributed by atoms with E-state index in [4.69, 9.17) is 34.8 Å². The third kappa shape index (κ3) is 2.80. The summed E-state index contributed by atoms with van der Waals surface area (Å²) in [6.07, 6.45) is 0.653. The zero-order chi connectivity index (χ0) is 15.0. The van der Waals surface area contributed by atoms with Crippen LogP contribution in [-0.2, 0) is 6.42 Å². The maximum Gasteiger partial charge on any atom is 0.115 e. The fourth-order valence-corrected chi connectivity index (χ4v) is 3.08. The molecular formula is C15H10BrCl3N2. The molecule has 0 aliphatic rings. The van der Waals surface area contributed by atoms with Crippen molar-refractivity contribution in [2.75, 3.05) is 5.88 Å². The van der Waals surface area contributed by atoms with Gasteiger partial charge in [0.1, 0.15) is 11.3 Å². The molecule has 0 aliphatic carbocycles. The van der Waals surface area contributed by atoms with E-state index in [0.29, 0.717) is 22.3 Å². The molecule has 1 aromatic heterocycles. The van der Waals surface area contributed by atoms with Gasteiger partial charge in [0, 0.05) is 22.5 Å². The topological polar surface area (TPSA) is 17.8 Å². The number of nitrogens with zero attached hydrogens (tertiary/aromatic N) is 2. The monoisotopic (exact) mass is 402 g/mol. The summed E-state index contributed by atoms with van der Waals surface area (Å²) in [5.74, 6) is 1.36. The highest BCUT2D eigenvalue weighted by molar-refractivity contribution is 9.10. The first-order chi connectivity index (χ1) is 10.1. The quantitative estimate of drug-likeness (QED) is 0.499. The number of hydrogen-bond donors (Lipinski definition) is 0. The highest BCUT2D eigenvalue weighted by atomic mass is 79.9. The summed E-state index contributed by atoms with van der Waals surface area (Å²) in [5.41, 5.74) is 2.66. The van der Waals surface area contributed by atoms with Gasteiger partial charge in [0.2, 0.25) is 0 Å². The molecule has 3 aromatic rings. The van der Waals surface area contributed by atoms with E-state index in [0.717, 1.165) is 27.0 Å². The molecule has 108 valence electrons. The average molecular weight is 405 g/mol. The number of aryl methyl sites for hydroxylation is 1. The standard InChI is InChI=1S/C15H10BrCl3N2/c16-10-5-4-9(8-12(10)19)21-13-3-1-2-11(18)15(13)20-14(21)6-7-17/h1-5,8H,6-7H2. The van der Waals surface area contributed by atoms with Crippen LogP contribution in [0.5, 0.6) is 0 Å². The van der Waals surface area contributed by atoms with Crippen molar-refractivity contribution in [2.45, 2.75) is 6.42 Å². The van der Waals surface area contributed by atoms with Crippen LogP contribution in [0.25, 0.3) is 16.7 Å². The number of aromatic nitrogens is 2. The largest absolute Gasteiger partial charge is 0.296 e. The Morgan fingerprint density at radius 1 is 1.10 bits per heavy atom. The van der Waals surface area contributed by atoms with Gasteiger partial charge in [0.05, 0.1) is 15.6 Å². The molecule has 21 heavy (non-hydrogen) atoms. The summed E-state index contributed by atoms with van der Waals surface area (Å²) in [6.45, 7) is 0. The normalized spacial score (nSPS) is 11.2. The summed E-state index contributed by atoms with van der Waals surface area (Å²) < 4.78 is 2.90. The summed E-state index contributed by atoms with van der Waals surface area (Å²) in [7, 11) is 0. The summed E-state index contributed by atoms with van der Waals surface area (Å²) >= 11 is 21.8. The molecule has 0 saturated carbocycles. The van der Waals surface area contributed by atoms with Crippen LogP contribution in [0.1, 0.15) is 5.82 Å². The third-order valence-corrected chi connectivity index (χ3v) is 4.91. The van der Waals surface area contributed by atoms with Gasteiger partial charge in [-0.2, -0.15) is 0 Å². The van der Waals surface area contributed by atoms with Crippen molar-refractivity contribution < 1.29 is 0 Å². The lowest BCUT2D eigenvalue weighted by atomic mass is 10.2. The van der Waals surface area contributed by atoms with Crippen molar-refractivity contribution in [3.63, 3.8) is 0 Å². The molecule has 0 spiro atoms. The van der Waals surface area contributed by atoms with Gasteiger partial charge in [-0.1, -0.05) is 29.3 Å². The second-order valence-corrected chi connectivity index (χ2v) is 6.56. The lowest BCUT2D eigenvalue weighted by Crippen LogP contribution is -2.02. The Kier molecular flexibility index (Phi) is 4.46. The number of hydrogen-bond acceptors (Lipinski definition) is 1. The van der Waals surface area contributed by atoms with Gasteiger partial charge < -0.3 is 0 Å². The minimum Gasteiger partial charge on any atom is -0.296 e. The molecule has 1 heterocycles. The number of benzene rings is 2. The fraction of sp³-hybridized carbons (Fsp3) is 0.133. The van der Waals surface area contributed by atoms with Crippen LogP contribution < -0.4 is 0 Å². The maximum atomic E-state index is 6.24. The third-order valence-electron chi connectivity index (χ3n) is 3.18. The lowest BCUT2D eigenvalue weighted by molar-refractivity contribution is 0.912.